The molecular formula is C17H24O. The van der Waals surface area contributed by atoms with Gasteiger partial charge in [-0.2, -0.15) is 0 Å². The molecule has 1 heteroatoms. The van der Waals surface area contributed by atoms with E-state index in [1.165, 1.54) is 50.5 Å². The van der Waals surface area contributed by atoms with Crippen molar-refractivity contribution in [1.29, 1.82) is 0 Å². The highest BCUT2D eigenvalue weighted by molar-refractivity contribution is 5.13. The van der Waals surface area contributed by atoms with Gasteiger partial charge in [0.2, 0.25) is 0 Å². The number of hydrogen-bond donors (Lipinski definition) is 0. The minimum atomic E-state index is 0.549. The van der Waals surface area contributed by atoms with E-state index in [1.807, 2.05) is 0 Å². The first-order chi connectivity index (χ1) is 8.89. The number of ether oxygens (including phenoxy) is 1. The minimum absolute atomic E-state index is 0.549. The van der Waals surface area contributed by atoms with Gasteiger partial charge in [-0.3, -0.25) is 0 Å². The first-order valence-electron chi connectivity index (χ1n) is 7.51. The standard InChI is InChI=1S/C17H24O/c1-2-7-15(8-3-1)13-18-14-17-11-5-4-9-16(17)10-6-12-17/h1-3,7-8,16H,4-6,9-14H2/t16-,17+/m1/s1. The lowest BCUT2D eigenvalue weighted by Crippen LogP contribution is -2.33. The van der Waals surface area contributed by atoms with Crippen LogP contribution in [0.2, 0.25) is 0 Å². The molecular weight excluding hydrogens is 220 g/mol. The Bertz CT molecular complexity index is 372. The van der Waals surface area contributed by atoms with E-state index in [2.05, 4.69) is 30.3 Å². The molecule has 0 N–H and O–H groups in total. The maximum atomic E-state index is 6.06. The van der Waals surface area contributed by atoms with Gasteiger partial charge in [0, 0.05) is 0 Å². The van der Waals surface area contributed by atoms with E-state index in [9.17, 15) is 0 Å². The highest BCUT2D eigenvalue weighted by Gasteiger charge is 2.43. The molecule has 2 fully saturated rings. The van der Waals surface area contributed by atoms with Gasteiger partial charge in [0.15, 0.2) is 0 Å². The predicted molar refractivity (Wildman–Crippen MR) is 74.3 cm³/mol. The molecule has 2 aliphatic rings. The fourth-order valence-corrected chi connectivity index (χ4v) is 4.07. The Balaban J connectivity index is 1.55. The third-order valence-electron chi connectivity index (χ3n) is 5.07. The molecule has 0 aliphatic heterocycles. The Morgan fingerprint density at radius 1 is 1.00 bits per heavy atom. The smallest absolute Gasteiger partial charge is 0.0717 e. The van der Waals surface area contributed by atoms with E-state index in [0.717, 1.165) is 19.1 Å². The summed E-state index contributed by atoms with van der Waals surface area (Å²) in [5.41, 5.74) is 1.85. The average molecular weight is 244 g/mol. The number of rotatable bonds is 4. The molecule has 0 bridgehead atoms. The van der Waals surface area contributed by atoms with Crippen LogP contribution in [0, 0.1) is 11.3 Å². The highest BCUT2D eigenvalue weighted by atomic mass is 16.5. The van der Waals surface area contributed by atoms with Crippen LogP contribution in [0.25, 0.3) is 0 Å². The summed E-state index contributed by atoms with van der Waals surface area (Å²) in [5, 5.41) is 0. The molecule has 0 heterocycles. The normalized spacial score (nSPS) is 31.2. The predicted octanol–water partition coefficient (Wildman–Crippen LogP) is 4.56. The molecule has 0 saturated heterocycles. The molecule has 0 spiro atoms. The molecule has 2 saturated carbocycles. The van der Waals surface area contributed by atoms with Crippen molar-refractivity contribution < 1.29 is 4.74 Å². The Hall–Kier alpha value is -0.820. The van der Waals surface area contributed by atoms with Crippen LogP contribution in [0.3, 0.4) is 0 Å². The maximum absolute atomic E-state index is 6.06. The van der Waals surface area contributed by atoms with E-state index >= 15 is 0 Å². The lowest BCUT2D eigenvalue weighted by molar-refractivity contribution is -0.0101. The van der Waals surface area contributed by atoms with Crippen LogP contribution >= 0.6 is 0 Å². The largest absolute Gasteiger partial charge is 0.376 e. The summed E-state index contributed by atoms with van der Waals surface area (Å²) in [5.74, 6) is 0.960. The Morgan fingerprint density at radius 2 is 1.78 bits per heavy atom. The quantitative estimate of drug-likeness (QED) is 0.754. The third-order valence-corrected chi connectivity index (χ3v) is 5.07. The van der Waals surface area contributed by atoms with Crippen molar-refractivity contribution in [3.05, 3.63) is 35.9 Å². The van der Waals surface area contributed by atoms with Gasteiger partial charge >= 0.3 is 0 Å². The summed E-state index contributed by atoms with van der Waals surface area (Å²) in [6.07, 6.45) is 10.0. The van der Waals surface area contributed by atoms with Crippen LogP contribution in [-0.4, -0.2) is 6.61 Å². The zero-order valence-electron chi connectivity index (χ0n) is 11.2. The van der Waals surface area contributed by atoms with Crippen molar-refractivity contribution in [3.8, 4) is 0 Å². The van der Waals surface area contributed by atoms with Crippen LogP contribution in [0.15, 0.2) is 30.3 Å². The zero-order chi connectivity index (χ0) is 12.3. The van der Waals surface area contributed by atoms with Crippen LogP contribution in [-0.2, 0) is 11.3 Å². The summed E-state index contributed by atoms with van der Waals surface area (Å²) >= 11 is 0. The third kappa shape index (κ3) is 2.47. The van der Waals surface area contributed by atoms with Gasteiger partial charge in [0.1, 0.15) is 0 Å². The van der Waals surface area contributed by atoms with Gasteiger partial charge in [0.25, 0.3) is 0 Å². The van der Waals surface area contributed by atoms with Gasteiger partial charge in [0.05, 0.1) is 13.2 Å². The summed E-state index contributed by atoms with van der Waals surface area (Å²) in [6.45, 7) is 1.78. The molecule has 98 valence electrons. The molecule has 18 heavy (non-hydrogen) atoms. The monoisotopic (exact) mass is 244 g/mol. The summed E-state index contributed by atoms with van der Waals surface area (Å²) in [6, 6.07) is 10.6. The second kappa shape index (κ2) is 5.44. The van der Waals surface area contributed by atoms with Gasteiger partial charge in [-0.05, 0) is 42.6 Å². The van der Waals surface area contributed by atoms with Gasteiger partial charge in [-0.15, -0.1) is 0 Å². The van der Waals surface area contributed by atoms with E-state index in [1.54, 1.807) is 0 Å². The van der Waals surface area contributed by atoms with Crippen LogP contribution in [0.5, 0.6) is 0 Å². The number of benzene rings is 1. The fourth-order valence-electron chi connectivity index (χ4n) is 4.07. The topological polar surface area (TPSA) is 9.23 Å². The van der Waals surface area contributed by atoms with E-state index in [4.69, 9.17) is 4.74 Å². The van der Waals surface area contributed by atoms with Crippen molar-refractivity contribution in [1.82, 2.24) is 0 Å². The van der Waals surface area contributed by atoms with Crippen LogP contribution < -0.4 is 0 Å². The first kappa shape index (κ1) is 12.2. The SMILES string of the molecule is c1ccc(COC[C@@]23CCCC[C@@H]2CCC3)cc1. The fraction of sp³-hybridized carbons (Fsp3) is 0.647. The minimum Gasteiger partial charge on any atom is -0.376 e. The Labute approximate surface area is 111 Å². The molecule has 1 aromatic carbocycles. The Kier molecular flexibility index (Phi) is 3.69. The van der Waals surface area contributed by atoms with Gasteiger partial charge < -0.3 is 4.74 Å². The average Bonchev–Trinajstić information content (AvgIpc) is 2.84. The van der Waals surface area contributed by atoms with Crippen molar-refractivity contribution >= 4 is 0 Å². The van der Waals surface area contributed by atoms with Gasteiger partial charge in [-0.25, -0.2) is 0 Å². The molecule has 1 aromatic rings. The second-order valence-electron chi connectivity index (χ2n) is 6.18. The number of hydrogen-bond acceptors (Lipinski definition) is 1. The molecule has 2 aliphatic carbocycles. The lowest BCUT2D eigenvalue weighted by atomic mass is 9.69. The van der Waals surface area contributed by atoms with E-state index < -0.39 is 0 Å². The molecule has 0 radical (unpaired) electrons. The molecule has 0 amide bonds. The lowest BCUT2D eigenvalue weighted by Gasteiger charge is -2.39. The van der Waals surface area contributed by atoms with E-state index in [-0.39, 0.29) is 0 Å². The maximum Gasteiger partial charge on any atom is 0.0717 e. The zero-order valence-corrected chi connectivity index (χ0v) is 11.2. The second-order valence-corrected chi connectivity index (χ2v) is 6.18. The molecule has 2 atom stereocenters. The van der Waals surface area contributed by atoms with Gasteiger partial charge in [-0.1, -0.05) is 49.6 Å². The van der Waals surface area contributed by atoms with Crippen molar-refractivity contribution in [3.63, 3.8) is 0 Å². The van der Waals surface area contributed by atoms with E-state index in [0.29, 0.717) is 5.41 Å². The first-order valence-corrected chi connectivity index (χ1v) is 7.51. The molecule has 0 aromatic heterocycles. The Morgan fingerprint density at radius 3 is 2.67 bits per heavy atom. The van der Waals surface area contributed by atoms with Crippen molar-refractivity contribution in [2.24, 2.45) is 11.3 Å². The van der Waals surface area contributed by atoms with Crippen molar-refractivity contribution in [2.45, 2.75) is 51.6 Å². The van der Waals surface area contributed by atoms with Crippen molar-refractivity contribution in [2.75, 3.05) is 6.61 Å². The molecule has 1 nitrogen and oxygen atoms in total. The summed E-state index contributed by atoms with van der Waals surface area (Å²) in [4.78, 5) is 0. The summed E-state index contributed by atoms with van der Waals surface area (Å²) in [7, 11) is 0. The molecule has 0 unspecified atom stereocenters. The highest BCUT2D eigenvalue weighted by Crippen LogP contribution is 2.52. The van der Waals surface area contributed by atoms with Crippen LogP contribution in [0.4, 0.5) is 0 Å². The van der Waals surface area contributed by atoms with Crippen LogP contribution in [0.1, 0.15) is 50.5 Å². The number of fused-ring (bicyclic) bond motifs is 1. The molecule has 3 rings (SSSR count). The summed E-state index contributed by atoms with van der Waals surface area (Å²) < 4.78 is 6.06.